The molecule has 0 saturated heterocycles. The number of nitrogens with two attached hydrogens (primary N) is 1. The number of pyridine rings is 1. The van der Waals surface area contributed by atoms with Crippen LogP contribution in [0.5, 0.6) is 0 Å². The second-order valence-electron chi connectivity index (χ2n) is 3.73. The zero-order valence-electron chi connectivity index (χ0n) is 11.0. The van der Waals surface area contributed by atoms with Crippen molar-refractivity contribution in [3.05, 3.63) is 58.2 Å². The average Bonchev–Trinajstić information content (AvgIpc) is 2.43. The van der Waals surface area contributed by atoms with Gasteiger partial charge >= 0.3 is 0 Å². The molecule has 3 nitrogen and oxygen atoms in total. The lowest BCUT2D eigenvalue weighted by atomic mass is 10.0. The first-order valence-electron chi connectivity index (χ1n) is 6.07. The van der Waals surface area contributed by atoms with Crippen molar-refractivity contribution in [2.45, 2.75) is 20.3 Å². The summed E-state index contributed by atoms with van der Waals surface area (Å²) in [5, 5.41) is 9.42. The zero-order valence-corrected chi connectivity index (χ0v) is 11.8. The number of halogens is 1. The summed E-state index contributed by atoms with van der Waals surface area (Å²) in [6.07, 6.45) is 2.41. The van der Waals surface area contributed by atoms with E-state index < -0.39 is 0 Å². The molecule has 0 atom stereocenters. The third-order valence-electron chi connectivity index (χ3n) is 2.34. The Morgan fingerprint density at radius 3 is 2.53 bits per heavy atom. The number of aromatic nitrogens is 1. The molecule has 1 aromatic heterocycles. The van der Waals surface area contributed by atoms with Gasteiger partial charge in [-0.05, 0) is 41.8 Å². The molecule has 2 N–H and O–H groups in total. The lowest BCUT2D eigenvalue weighted by Gasteiger charge is -2.03. The second-order valence-corrected chi connectivity index (χ2v) is 4.16. The van der Waals surface area contributed by atoms with Crippen LogP contribution in [0.15, 0.2) is 36.5 Å². The van der Waals surface area contributed by atoms with Crippen LogP contribution in [0, 0.1) is 11.3 Å². The summed E-state index contributed by atoms with van der Waals surface area (Å²) in [4.78, 5) is 4.02. The highest BCUT2D eigenvalue weighted by Gasteiger charge is 2.01. The molecule has 0 aliphatic heterocycles. The molecule has 0 bridgehead atoms. The lowest BCUT2D eigenvalue weighted by Crippen LogP contribution is -1.93. The predicted octanol–water partition coefficient (Wildman–Crippen LogP) is 3.81. The summed E-state index contributed by atoms with van der Waals surface area (Å²) < 4.78 is 0. The number of benzene rings is 1. The molecule has 0 amide bonds. The number of hydrogen-bond acceptors (Lipinski definition) is 3. The van der Waals surface area contributed by atoms with E-state index in [9.17, 15) is 0 Å². The Morgan fingerprint density at radius 2 is 1.95 bits per heavy atom. The van der Waals surface area contributed by atoms with Crippen LogP contribution < -0.4 is 5.73 Å². The monoisotopic (exact) mass is 273 g/mol. The van der Waals surface area contributed by atoms with Crippen LogP contribution in [-0.4, -0.2) is 4.98 Å². The molecule has 2 rings (SSSR count). The SMILES string of the molecule is CC.N#Cc1cc(Cl)cc(Cc2ccc(N)nc2)c1. The molecule has 0 saturated carbocycles. The topological polar surface area (TPSA) is 62.7 Å². The van der Waals surface area contributed by atoms with E-state index in [4.69, 9.17) is 22.6 Å². The van der Waals surface area contributed by atoms with E-state index in [-0.39, 0.29) is 0 Å². The Balaban J connectivity index is 0.000000861. The summed E-state index contributed by atoms with van der Waals surface area (Å²) in [6.45, 7) is 4.00. The molecule has 1 heterocycles. The Bertz CT molecular complexity index is 571. The van der Waals surface area contributed by atoms with Crippen molar-refractivity contribution < 1.29 is 0 Å². The van der Waals surface area contributed by atoms with Crippen LogP contribution in [0.25, 0.3) is 0 Å². The Kier molecular flexibility index (Phi) is 5.84. The van der Waals surface area contributed by atoms with E-state index in [1.807, 2.05) is 32.0 Å². The van der Waals surface area contributed by atoms with E-state index in [0.717, 1.165) is 11.1 Å². The molecule has 19 heavy (non-hydrogen) atoms. The van der Waals surface area contributed by atoms with Crippen molar-refractivity contribution in [2.75, 3.05) is 5.73 Å². The van der Waals surface area contributed by atoms with Gasteiger partial charge in [0.05, 0.1) is 11.6 Å². The molecule has 1 aromatic carbocycles. The molecule has 2 aromatic rings. The molecule has 0 radical (unpaired) electrons. The average molecular weight is 274 g/mol. The van der Waals surface area contributed by atoms with E-state index in [1.54, 1.807) is 18.3 Å². The van der Waals surface area contributed by atoms with Crippen LogP contribution in [0.4, 0.5) is 5.82 Å². The summed E-state index contributed by atoms with van der Waals surface area (Å²) in [5.74, 6) is 0.498. The maximum atomic E-state index is 8.85. The first kappa shape index (κ1) is 15.0. The van der Waals surface area contributed by atoms with Gasteiger partial charge in [-0.25, -0.2) is 4.98 Å². The van der Waals surface area contributed by atoms with Gasteiger partial charge in [0, 0.05) is 11.2 Å². The number of nitriles is 1. The van der Waals surface area contributed by atoms with Gasteiger partial charge in [-0.3, -0.25) is 0 Å². The molecule has 98 valence electrons. The van der Waals surface area contributed by atoms with Crippen molar-refractivity contribution in [3.8, 4) is 6.07 Å². The lowest BCUT2D eigenvalue weighted by molar-refractivity contribution is 1.15. The summed E-state index contributed by atoms with van der Waals surface area (Å²) in [5.41, 5.74) is 8.10. The molecule has 0 fully saturated rings. The van der Waals surface area contributed by atoms with Gasteiger partial charge in [-0.15, -0.1) is 0 Å². The normalized spacial score (nSPS) is 9.16. The summed E-state index contributed by atoms with van der Waals surface area (Å²) >= 11 is 5.93. The fourth-order valence-electron chi connectivity index (χ4n) is 1.59. The molecular formula is C15H16ClN3. The molecular weight excluding hydrogens is 258 g/mol. The highest BCUT2D eigenvalue weighted by Crippen LogP contribution is 2.17. The second kappa shape index (κ2) is 7.40. The summed E-state index contributed by atoms with van der Waals surface area (Å²) in [7, 11) is 0. The van der Waals surface area contributed by atoms with Gasteiger partial charge in [0.15, 0.2) is 0 Å². The fourth-order valence-corrected chi connectivity index (χ4v) is 1.85. The van der Waals surface area contributed by atoms with Crippen molar-refractivity contribution in [1.29, 1.82) is 5.26 Å². The Labute approximate surface area is 118 Å². The molecule has 0 aliphatic rings. The van der Waals surface area contributed by atoms with E-state index in [1.165, 1.54) is 0 Å². The standard InChI is InChI=1S/C13H10ClN3.C2H6/c14-12-5-10(4-11(6-12)7-15)3-9-1-2-13(16)17-8-9;1-2/h1-2,4-6,8H,3H2,(H2,16,17);1-2H3. The minimum atomic E-state index is 0.498. The van der Waals surface area contributed by atoms with Crippen LogP contribution in [0.3, 0.4) is 0 Å². The van der Waals surface area contributed by atoms with Crippen LogP contribution in [0.2, 0.25) is 5.02 Å². The van der Waals surface area contributed by atoms with Crippen molar-refractivity contribution in [1.82, 2.24) is 4.98 Å². The van der Waals surface area contributed by atoms with Crippen LogP contribution in [-0.2, 0) is 6.42 Å². The minimum absolute atomic E-state index is 0.498. The van der Waals surface area contributed by atoms with Crippen molar-refractivity contribution in [2.24, 2.45) is 0 Å². The number of anilines is 1. The molecule has 0 spiro atoms. The Hall–Kier alpha value is -2.05. The predicted molar refractivity (Wildman–Crippen MR) is 79.0 cm³/mol. The zero-order chi connectivity index (χ0) is 14.3. The first-order valence-corrected chi connectivity index (χ1v) is 6.45. The smallest absolute Gasteiger partial charge is 0.123 e. The van der Waals surface area contributed by atoms with Gasteiger partial charge in [-0.2, -0.15) is 5.26 Å². The van der Waals surface area contributed by atoms with Gasteiger partial charge in [0.25, 0.3) is 0 Å². The van der Waals surface area contributed by atoms with Crippen molar-refractivity contribution in [3.63, 3.8) is 0 Å². The van der Waals surface area contributed by atoms with Gasteiger partial charge in [0.1, 0.15) is 5.82 Å². The van der Waals surface area contributed by atoms with Gasteiger partial charge in [0.2, 0.25) is 0 Å². The number of rotatable bonds is 2. The van der Waals surface area contributed by atoms with Gasteiger partial charge < -0.3 is 5.73 Å². The third-order valence-corrected chi connectivity index (χ3v) is 2.56. The van der Waals surface area contributed by atoms with E-state index in [2.05, 4.69) is 11.1 Å². The highest BCUT2D eigenvalue weighted by molar-refractivity contribution is 6.30. The molecule has 0 unspecified atom stereocenters. The van der Waals surface area contributed by atoms with E-state index in [0.29, 0.717) is 22.8 Å². The maximum absolute atomic E-state index is 8.85. The van der Waals surface area contributed by atoms with Gasteiger partial charge in [-0.1, -0.05) is 31.5 Å². The number of nitrogens with zero attached hydrogens (tertiary/aromatic N) is 2. The molecule has 4 heteroatoms. The fraction of sp³-hybridized carbons (Fsp3) is 0.200. The third kappa shape index (κ3) is 4.61. The van der Waals surface area contributed by atoms with Crippen LogP contribution >= 0.6 is 11.6 Å². The number of nitrogen functional groups attached to an aromatic ring is 1. The minimum Gasteiger partial charge on any atom is -0.384 e. The van der Waals surface area contributed by atoms with E-state index >= 15 is 0 Å². The highest BCUT2D eigenvalue weighted by atomic mass is 35.5. The maximum Gasteiger partial charge on any atom is 0.123 e. The Morgan fingerprint density at radius 1 is 1.21 bits per heavy atom. The van der Waals surface area contributed by atoms with Crippen molar-refractivity contribution >= 4 is 17.4 Å². The number of hydrogen-bond donors (Lipinski definition) is 1. The quantitative estimate of drug-likeness (QED) is 0.905. The molecule has 0 aliphatic carbocycles. The largest absolute Gasteiger partial charge is 0.384 e. The first-order chi connectivity index (χ1) is 9.17. The van der Waals surface area contributed by atoms with Crippen LogP contribution in [0.1, 0.15) is 30.5 Å². The summed E-state index contributed by atoms with van der Waals surface area (Å²) in [6, 6.07) is 11.1.